The summed E-state index contributed by atoms with van der Waals surface area (Å²) in [6.07, 6.45) is -0.367. The standard InChI is InChI=1S/C23H29NO3/c1-16(13-25)24(15-23(2,3)4)22(26)27-14-21-19-11-7-5-9-17(19)18-10-6-8-12-20(18)21/h5-12,16,21,25H,13-15H2,1-4H3. The molecule has 0 saturated heterocycles. The molecule has 27 heavy (non-hydrogen) atoms. The fourth-order valence-corrected chi connectivity index (χ4v) is 3.69. The van der Waals surface area contributed by atoms with E-state index in [4.69, 9.17) is 4.74 Å². The summed E-state index contributed by atoms with van der Waals surface area (Å²) < 4.78 is 5.75. The number of benzene rings is 2. The Balaban J connectivity index is 1.78. The Morgan fingerprint density at radius 3 is 2.07 bits per heavy atom. The van der Waals surface area contributed by atoms with Gasteiger partial charge in [-0.1, -0.05) is 69.3 Å². The van der Waals surface area contributed by atoms with Crippen molar-refractivity contribution in [1.82, 2.24) is 4.90 Å². The molecule has 0 aromatic heterocycles. The summed E-state index contributed by atoms with van der Waals surface area (Å²) in [7, 11) is 0. The van der Waals surface area contributed by atoms with Gasteiger partial charge in [-0.2, -0.15) is 0 Å². The van der Waals surface area contributed by atoms with E-state index in [1.165, 1.54) is 22.3 Å². The molecule has 3 rings (SSSR count). The highest BCUT2D eigenvalue weighted by Gasteiger charge is 2.31. The number of amides is 1. The molecular weight excluding hydrogens is 338 g/mol. The number of carbonyl (C=O) groups excluding carboxylic acids is 1. The molecule has 2 aromatic rings. The maximum absolute atomic E-state index is 12.8. The molecule has 1 unspecified atom stereocenters. The van der Waals surface area contributed by atoms with Gasteiger partial charge in [0.1, 0.15) is 6.61 Å². The van der Waals surface area contributed by atoms with Crippen LogP contribution in [0.1, 0.15) is 44.7 Å². The summed E-state index contributed by atoms with van der Waals surface area (Å²) >= 11 is 0. The van der Waals surface area contributed by atoms with Gasteiger partial charge in [-0.15, -0.1) is 0 Å². The van der Waals surface area contributed by atoms with E-state index < -0.39 is 0 Å². The summed E-state index contributed by atoms with van der Waals surface area (Å²) in [5.41, 5.74) is 4.75. The molecule has 0 spiro atoms. The van der Waals surface area contributed by atoms with Crippen LogP contribution in [0.4, 0.5) is 4.79 Å². The molecule has 144 valence electrons. The second-order valence-corrected chi connectivity index (χ2v) is 8.52. The second kappa shape index (κ2) is 7.73. The number of carbonyl (C=O) groups is 1. The van der Waals surface area contributed by atoms with E-state index in [0.717, 1.165) is 0 Å². The van der Waals surface area contributed by atoms with Gasteiger partial charge in [-0.05, 0) is 34.6 Å². The first-order valence-electron chi connectivity index (χ1n) is 9.54. The minimum Gasteiger partial charge on any atom is -0.448 e. The Labute approximate surface area is 161 Å². The number of rotatable bonds is 5. The lowest BCUT2D eigenvalue weighted by Crippen LogP contribution is -2.45. The van der Waals surface area contributed by atoms with Crippen molar-refractivity contribution in [3.05, 3.63) is 59.7 Å². The van der Waals surface area contributed by atoms with Gasteiger partial charge in [0, 0.05) is 12.5 Å². The van der Waals surface area contributed by atoms with Gasteiger partial charge >= 0.3 is 6.09 Å². The van der Waals surface area contributed by atoms with Crippen molar-refractivity contribution in [1.29, 1.82) is 0 Å². The minimum atomic E-state index is -0.367. The fourth-order valence-electron chi connectivity index (χ4n) is 3.69. The molecule has 0 aliphatic heterocycles. The van der Waals surface area contributed by atoms with Crippen LogP contribution in [-0.2, 0) is 4.74 Å². The van der Waals surface area contributed by atoms with Crippen LogP contribution in [0.3, 0.4) is 0 Å². The smallest absolute Gasteiger partial charge is 0.410 e. The highest BCUT2D eigenvalue weighted by Crippen LogP contribution is 2.44. The van der Waals surface area contributed by atoms with E-state index >= 15 is 0 Å². The predicted molar refractivity (Wildman–Crippen MR) is 108 cm³/mol. The van der Waals surface area contributed by atoms with Gasteiger partial charge in [0.05, 0.1) is 12.6 Å². The number of aliphatic hydroxyl groups is 1. The molecule has 0 saturated carbocycles. The third kappa shape index (κ3) is 4.16. The van der Waals surface area contributed by atoms with Gasteiger partial charge < -0.3 is 14.7 Å². The van der Waals surface area contributed by atoms with Crippen LogP contribution >= 0.6 is 0 Å². The molecule has 4 nitrogen and oxygen atoms in total. The first kappa shape index (κ1) is 19.4. The molecule has 4 heteroatoms. The van der Waals surface area contributed by atoms with E-state index in [0.29, 0.717) is 13.2 Å². The average molecular weight is 367 g/mol. The highest BCUT2D eigenvalue weighted by atomic mass is 16.6. The number of fused-ring (bicyclic) bond motifs is 3. The predicted octanol–water partition coefficient (Wildman–Crippen LogP) is 4.66. The van der Waals surface area contributed by atoms with Gasteiger partial charge in [-0.25, -0.2) is 4.79 Å². The first-order valence-corrected chi connectivity index (χ1v) is 9.54. The number of hydrogen-bond acceptors (Lipinski definition) is 3. The van der Waals surface area contributed by atoms with Crippen LogP contribution in [0.15, 0.2) is 48.5 Å². The lowest BCUT2D eigenvalue weighted by molar-refractivity contribution is 0.0565. The lowest BCUT2D eigenvalue weighted by atomic mass is 9.95. The zero-order chi connectivity index (χ0) is 19.6. The maximum atomic E-state index is 12.8. The summed E-state index contributed by atoms with van der Waals surface area (Å²) in [5, 5.41) is 9.54. The topological polar surface area (TPSA) is 49.8 Å². The summed E-state index contributed by atoms with van der Waals surface area (Å²) in [6.45, 7) is 8.80. The molecule has 1 aliphatic carbocycles. The molecule has 0 fully saturated rings. The number of nitrogens with zero attached hydrogens (tertiary/aromatic N) is 1. The Morgan fingerprint density at radius 2 is 1.59 bits per heavy atom. The summed E-state index contributed by atoms with van der Waals surface area (Å²) in [5.74, 6) is 0.0438. The van der Waals surface area contributed by atoms with E-state index in [9.17, 15) is 9.90 Å². The Morgan fingerprint density at radius 1 is 1.07 bits per heavy atom. The number of hydrogen-bond donors (Lipinski definition) is 1. The van der Waals surface area contributed by atoms with Crippen molar-refractivity contribution in [2.24, 2.45) is 5.41 Å². The van der Waals surface area contributed by atoms with Crippen molar-refractivity contribution in [2.45, 2.75) is 39.7 Å². The molecule has 1 amide bonds. The number of ether oxygens (including phenoxy) is 1. The SMILES string of the molecule is CC(CO)N(CC(C)(C)C)C(=O)OCC1c2ccccc2-c2ccccc21. The lowest BCUT2D eigenvalue weighted by Gasteiger charge is -2.33. The van der Waals surface area contributed by atoms with Crippen molar-refractivity contribution in [3.8, 4) is 11.1 Å². The largest absolute Gasteiger partial charge is 0.448 e. The van der Waals surface area contributed by atoms with Gasteiger partial charge in [0.25, 0.3) is 0 Å². The van der Waals surface area contributed by atoms with E-state index in [-0.39, 0.29) is 30.1 Å². The van der Waals surface area contributed by atoms with Gasteiger partial charge in [0.15, 0.2) is 0 Å². The van der Waals surface area contributed by atoms with Crippen molar-refractivity contribution >= 4 is 6.09 Å². The van der Waals surface area contributed by atoms with Crippen molar-refractivity contribution in [3.63, 3.8) is 0 Å². The molecule has 1 N–H and O–H groups in total. The zero-order valence-electron chi connectivity index (χ0n) is 16.6. The third-order valence-electron chi connectivity index (χ3n) is 5.01. The van der Waals surface area contributed by atoms with E-state index in [1.807, 2.05) is 31.2 Å². The summed E-state index contributed by atoms with van der Waals surface area (Å²) in [6, 6.07) is 16.3. The maximum Gasteiger partial charge on any atom is 0.410 e. The molecule has 1 aliphatic rings. The Bertz CT molecular complexity index is 764. The van der Waals surface area contributed by atoms with Crippen LogP contribution in [-0.4, -0.2) is 41.9 Å². The average Bonchev–Trinajstić information content (AvgIpc) is 2.97. The van der Waals surface area contributed by atoms with Crippen LogP contribution < -0.4 is 0 Å². The summed E-state index contributed by atoms with van der Waals surface area (Å²) in [4.78, 5) is 14.4. The van der Waals surface area contributed by atoms with Crippen LogP contribution in [0, 0.1) is 5.41 Å². The monoisotopic (exact) mass is 367 g/mol. The van der Waals surface area contributed by atoms with Crippen molar-refractivity contribution in [2.75, 3.05) is 19.8 Å². The molecule has 2 aromatic carbocycles. The van der Waals surface area contributed by atoms with E-state index in [1.54, 1.807) is 4.90 Å². The quantitative estimate of drug-likeness (QED) is 0.836. The molecule has 0 radical (unpaired) electrons. The molecule has 0 heterocycles. The molecule has 0 bridgehead atoms. The normalized spacial score (nSPS) is 14.4. The fraction of sp³-hybridized carbons (Fsp3) is 0.435. The molecule has 1 atom stereocenters. The Hall–Kier alpha value is -2.33. The number of aliphatic hydroxyl groups excluding tert-OH is 1. The van der Waals surface area contributed by atoms with Gasteiger partial charge in [-0.3, -0.25) is 0 Å². The van der Waals surface area contributed by atoms with Gasteiger partial charge in [0.2, 0.25) is 0 Å². The van der Waals surface area contributed by atoms with Crippen LogP contribution in [0.2, 0.25) is 0 Å². The van der Waals surface area contributed by atoms with Crippen molar-refractivity contribution < 1.29 is 14.6 Å². The highest BCUT2D eigenvalue weighted by molar-refractivity contribution is 5.79. The Kier molecular flexibility index (Phi) is 5.56. The first-order chi connectivity index (χ1) is 12.8. The minimum absolute atomic E-state index is 0.0438. The van der Waals surface area contributed by atoms with Crippen LogP contribution in [0.25, 0.3) is 11.1 Å². The molecular formula is C23H29NO3. The second-order valence-electron chi connectivity index (χ2n) is 8.52. The van der Waals surface area contributed by atoms with Crippen LogP contribution in [0.5, 0.6) is 0 Å². The van der Waals surface area contributed by atoms with E-state index in [2.05, 4.69) is 45.0 Å². The third-order valence-corrected chi connectivity index (χ3v) is 5.01. The zero-order valence-corrected chi connectivity index (χ0v) is 16.6.